The fraction of sp³-hybridized carbons (Fsp3) is 0.393. The first-order valence-corrected chi connectivity index (χ1v) is 12.6. The number of hydrogen-bond acceptors (Lipinski definition) is 7. The number of carbonyl (C=O) groups excluding carboxylic acids is 2. The molecule has 2 atom stereocenters. The maximum absolute atomic E-state index is 13.9. The Morgan fingerprint density at radius 3 is 2.62 bits per heavy atom. The van der Waals surface area contributed by atoms with Gasteiger partial charge in [0, 0.05) is 33.3 Å². The van der Waals surface area contributed by atoms with Crippen molar-refractivity contribution >= 4 is 23.3 Å². The zero-order valence-corrected chi connectivity index (χ0v) is 21.9. The second-order valence-electron chi connectivity index (χ2n) is 9.63. The summed E-state index contributed by atoms with van der Waals surface area (Å²) >= 11 is 0. The van der Waals surface area contributed by atoms with E-state index in [4.69, 9.17) is 4.74 Å². The van der Waals surface area contributed by atoms with Crippen molar-refractivity contribution in [3.8, 4) is 0 Å². The van der Waals surface area contributed by atoms with Gasteiger partial charge < -0.3 is 15.4 Å². The fourth-order valence-electron chi connectivity index (χ4n) is 4.87. The molecule has 0 saturated heterocycles. The summed E-state index contributed by atoms with van der Waals surface area (Å²) in [6.45, 7) is 3.62. The lowest BCUT2D eigenvalue weighted by Crippen LogP contribution is -2.31. The number of hydrogen-bond donors (Lipinski definition) is 2. The molecule has 1 aromatic carbocycles. The molecule has 2 heterocycles. The minimum atomic E-state index is -4.65. The van der Waals surface area contributed by atoms with Crippen LogP contribution in [0.4, 0.5) is 24.8 Å². The number of amides is 1. The number of pyridine rings is 1. The quantitative estimate of drug-likeness (QED) is 0.270. The van der Waals surface area contributed by atoms with Crippen molar-refractivity contribution in [3.05, 3.63) is 76.4 Å². The van der Waals surface area contributed by atoms with Crippen LogP contribution in [0.1, 0.15) is 64.2 Å². The van der Waals surface area contributed by atoms with Gasteiger partial charge in [-0.25, -0.2) is 9.97 Å². The second-order valence-corrected chi connectivity index (χ2v) is 9.63. The van der Waals surface area contributed by atoms with Gasteiger partial charge in [-0.15, -0.1) is 0 Å². The van der Waals surface area contributed by atoms with Gasteiger partial charge in [0.1, 0.15) is 5.69 Å². The predicted octanol–water partition coefficient (Wildman–Crippen LogP) is 5.14. The molecule has 0 saturated carbocycles. The van der Waals surface area contributed by atoms with Crippen LogP contribution in [0, 0.1) is 12.8 Å². The average molecular weight is 542 g/mol. The smallest absolute Gasteiger partial charge is 0.385 e. The van der Waals surface area contributed by atoms with Crippen LogP contribution >= 0.6 is 0 Å². The number of halogens is 3. The van der Waals surface area contributed by atoms with E-state index in [1.165, 1.54) is 13.1 Å². The Labute approximate surface area is 224 Å². The largest absolute Gasteiger partial charge is 0.419 e. The van der Waals surface area contributed by atoms with Crippen LogP contribution in [-0.4, -0.2) is 40.4 Å². The third-order valence-corrected chi connectivity index (χ3v) is 6.73. The number of ether oxygens (including phenoxy) is 1. The molecule has 206 valence electrons. The number of nitrogens with one attached hydrogen (secondary N) is 2. The van der Waals surface area contributed by atoms with Gasteiger partial charge in [-0.05, 0) is 54.9 Å². The Morgan fingerprint density at radius 2 is 1.92 bits per heavy atom. The first-order valence-electron chi connectivity index (χ1n) is 12.6. The van der Waals surface area contributed by atoms with Crippen LogP contribution in [0.2, 0.25) is 0 Å². The molecule has 0 radical (unpaired) electrons. The van der Waals surface area contributed by atoms with Gasteiger partial charge in [0.05, 0.1) is 29.2 Å². The SMILES string of the molecule is COCCCC(=O)c1cc(C)c(Nc2ncc(C(F)(F)F)c(C[C@@H]3Cc4ccccc4[C@H]3NC(C)=O)n2)cn1. The lowest BCUT2D eigenvalue weighted by atomic mass is 9.93. The minimum absolute atomic E-state index is 0.0161. The van der Waals surface area contributed by atoms with E-state index in [1.807, 2.05) is 24.3 Å². The molecule has 1 aliphatic rings. The fourth-order valence-corrected chi connectivity index (χ4v) is 4.87. The predicted molar refractivity (Wildman–Crippen MR) is 139 cm³/mol. The van der Waals surface area contributed by atoms with Gasteiger partial charge >= 0.3 is 6.18 Å². The maximum Gasteiger partial charge on any atom is 0.419 e. The van der Waals surface area contributed by atoms with Crippen LogP contribution < -0.4 is 10.6 Å². The van der Waals surface area contributed by atoms with E-state index in [-0.39, 0.29) is 35.7 Å². The van der Waals surface area contributed by atoms with Crippen LogP contribution in [0.15, 0.2) is 42.7 Å². The molecule has 1 amide bonds. The lowest BCUT2D eigenvalue weighted by molar-refractivity contribution is -0.138. The van der Waals surface area contributed by atoms with E-state index < -0.39 is 17.8 Å². The van der Waals surface area contributed by atoms with E-state index in [0.29, 0.717) is 42.8 Å². The Morgan fingerprint density at radius 1 is 1.15 bits per heavy atom. The lowest BCUT2D eigenvalue weighted by Gasteiger charge is -2.23. The molecule has 39 heavy (non-hydrogen) atoms. The first kappa shape index (κ1) is 28.2. The molecule has 11 heteroatoms. The molecule has 1 aliphatic carbocycles. The van der Waals surface area contributed by atoms with E-state index >= 15 is 0 Å². The molecular weight excluding hydrogens is 511 g/mol. The van der Waals surface area contributed by atoms with Gasteiger partial charge in [0.2, 0.25) is 11.9 Å². The van der Waals surface area contributed by atoms with Crippen LogP contribution in [0.5, 0.6) is 0 Å². The van der Waals surface area contributed by atoms with Crippen molar-refractivity contribution in [1.82, 2.24) is 20.3 Å². The topological polar surface area (TPSA) is 106 Å². The summed E-state index contributed by atoms with van der Waals surface area (Å²) in [5.41, 5.74) is 2.24. The van der Waals surface area contributed by atoms with Crippen molar-refractivity contribution in [2.45, 2.75) is 51.7 Å². The number of aryl methyl sites for hydroxylation is 1. The molecule has 0 unspecified atom stereocenters. The highest BCUT2D eigenvalue weighted by atomic mass is 19.4. The van der Waals surface area contributed by atoms with E-state index in [0.717, 1.165) is 17.3 Å². The van der Waals surface area contributed by atoms with E-state index in [1.54, 1.807) is 20.1 Å². The van der Waals surface area contributed by atoms with Gasteiger partial charge in [-0.2, -0.15) is 13.2 Å². The summed E-state index contributed by atoms with van der Waals surface area (Å²) in [4.78, 5) is 36.6. The number of rotatable bonds is 10. The van der Waals surface area contributed by atoms with Crippen molar-refractivity contribution in [2.24, 2.45) is 5.92 Å². The summed E-state index contributed by atoms with van der Waals surface area (Å²) in [6, 6.07) is 8.72. The van der Waals surface area contributed by atoms with E-state index in [9.17, 15) is 22.8 Å². The monoisotopic (exact) mass is 541 g/mol. The summed E-state index contributed by atoms with van der Waals surface area (Å²) < 4.78 is 46.8. The molecule has 0 bridgehead atoms. The molecule has 4 rings (SSSR count). The Balaban J connectivity index is 1.59. The minimum Gasteiger partial charge on any atom is -0.385 e. The Bertz CT molecular complexity index is 1360. The van der Waals surface area contributed by atoms with E-state index in [2.05, 4.69) is 25.6 Å². The van der Waals surface area contributed by atoms with Gasteiger partial charge in [-0.3, -0.25) is 14.6 Å². The normalized spacial score (nSPS) is 16.6. The summed E-state index contributed by atoms with van der Waals surface area (Å²) in [5.74, 6) is -0.719. The number of nitrogens with zero attached hydrogens (tertiary/aromatic N) is 3. The molecular formula is C28H30F3N5O3. The van der Waals surface area contributed by atoms with Crippen molar-refractivity contribution in [1.29, 1.82) is 0 Å². The average Bonchev–Trinajstić information content (AvgIpc) is 3.21. The van der Waals surface area contributed by atoms with Crippen LogP contribution in [-0.2, 0) is 28.5 Å². The number of fused-ring (bicyclic) bond motifs is 1. The van der Waals surface area contributed by atoms with Crippen molar-refractivity contribution in [3.63, 3.8) is 0 Å². The van der Waals surface area contributed by atoms with Crippen molar-refractivity contribution < 1.29 is 27.5 Å². The van der Waals surface area contributed by atoms with Crippen LogP contribution in [0.3, 0.4) is 0 Å². The first-order chi connectivity index (χ1) is 18.6. The zero-order valence-electron chi connectivity index (χ0n) is 21.9. The Hall–Kier alpha value is -3.86. The van der Waals surface area contributed by atoms with Gasteiger partial charge in [0.15, 0.2) is 5.78 Å². The molecule has 2 N–H and O–H groups in total. The number of methoxy groups -OCH3 is 1. The highest BCUT2D eigenvalue weighted by molar-refractivity contribution is 5.94. The van der Waals surface area contributed by atoms with Gasteiger partial charge in [0.25, 0.3) is 0 Å². The highest BCUT2D eigenvalue weighted by Crippen LogP contribution is 2.40. The Kier molecular flexibility index (Phi) is 8.59. The third kappa shape index (κ3) is 6.78. The third-order valence-electron chi connectivity index (χ3n) is 6.73. The molecule has 0 aliphatic heterocycles. The summed E-state index contributed by atoms with van der Waals surface area (Å²) in [5, 5.41) is 5.84. The molecule has 0 spiro atoms. The maximum atomic E-state index is 13.9. The molecule has 3 aromatic rings. The zero-order chi connectivity index (χ0) is 28.2. The molecule has 0 fully saturated rings. The van der Waals surface area contributed by atoms with Crippen molar-refractivity contribution in [2.75, 3.05) is 19.0 Å². The standard InChI is InChI=1S/C28H30F3N5O3/c1-16-11-23(25(38)9-6-10-39-3)32-15-24(16)36-27-33-14-21(28(29,30)31)22(35-27)13-19-12-18-7-4-5-8-20(18)26(19)34-17(2)37/h4-5,7-8,11,14-15,19,26H,6,9-10,12-13H2,1-3H3,(H,34,37)(H,33,35,36)/t19-,26-/m0/s1. The highest BCUT2D eigenvalue weighted by Gasteiger charge is 2.39. The summed E-state index contributed by atoms with van der Waals surface area (Å²) in [6.07, 6.45) is -1.07. The number of ketones is 1. The van der Waals surface area contributed by atoms with Crippen LogP contribution in [0.25, 0.3) is 0 Å². The number of carbonyl (C=O) groups is 2. The number of benzene rings is 1. The summed E-state index contributed by atoms with van der Waals surface area (Å²) in [7, 11) is 1.57. The van der Waals surface area contributed by atoms with Gasteiger partial charge in [-0.1, -0.05) is 24.3 Å². The second kappa shape index (κ2) is 11.9. The molecule has 2 aromatic heterocycles. The number of Topliss-reactive ketones (excluding diaryl/α,β-unsaturated/α-hetero) is 1. The number of aromatic nitrogens is 3. The number of alkyl halides is 3. The number of anilines is 2. The molecule has 8 nitrogen and oxygen atoms in total.